The van der Waals surface area contributed by atoms with Gasteiger partial charge in [-0.05, 0) is 44.5 Å². The fourth-order valence-corrected chi connectivity index (χ4v) is 2.53. The molecule has 7 heteroatoms. The SMILES string of the molecule is CC(=O)NCCCCNCCCn1c(=O)[nH]c2ccccc2c1=O. The van der Waals surface area contributed by atoms with E-state index in [-0.39, 0.29) is 17.2 Å². The van der Waals surface area contributed by atoms with Crippen molar-refractivity contribution in [3.63, 3.8) is 0 Å². The summed E-state index contributed by atoms with van der Waals surface area (Å²) >= 11 is 0. The van der Waals surface area contributed by atoms with Crippen molar-refractivity contribution in [1.82, 2.24) is 20.2 Å². The van der Waals surface area contributed by atoms with E-state index in [2.05, 4.69) is 15.6 Å². The number of hydrogen-bond donors (Lipinski definition) is 3. The Labute approximate surface area is 140 Å². The van der Waals surface area contributed by atoms with Crippen LogP contribution >= 0.6 is 0 Å². The van der Waals surface area contributed by atoms with Crippen LogP contribution in [0, 0.1) is 0 Å². The van der Waals surface area contributed by atoms with E-state index in [4.69, 9.17) is 0 Å². The second-order valence-electron chi connectivity index (χ2n) is 5.73. The van der Waals surface area contributed by atoms with Crippen LogP contribution in [0.25, 0.3) is 10.9 Å². The quantitative estimate of drug-likeness (QED) is 0.586. The minimum atomic E-state index is -0.367. The minimum Gasteiger partial charge on any atom is -0.356 e. The van der Waals surface area contributed by atoms with Gasteiger partial charge in [0.2, 0.25) is 5.91 Å². The summed E-state index contributed by atoms with van der Waals surface area (Å²) in [5.74, 6) is -0.00555. The average Bonchev–Trinajstić information content (AvgIpc) is 2.55. The Hall–Kier alpha value is -2.41. The maximum Gasteiger partial charge on any atom is 0.328 e. The molecular formula is C17H24N4O3. The predicted molar refractivity (Wildman–Crippen MR) is 94.2 cm³/mol. The molecule has 24 heavy (non-hydrogen) atoms. The van der Waals surface area contributed by atoms with Gasteiger partial charge in [-0.1, -0.05) is 12.1 Å². The number of carbonyl (C=O) groups is 1. The van der Waals surface area contributed by atoms with E-state index in [1.54, 1.807) is 24.3 Å². The Bertz CT molecular complexity index is 794. The molecule has 0 radical (unpaired) electrons. The lowest BCUT2D eigenvalue weighted by Crippen LogP contribution is -2.35. The maximum absolute atomic E-state index is 12.3. The molecule has 3 N–H and O–H groups in total. The Kier molecular flexibility index (Phi) is 6.74. The van der Waals surface area contributed by atoms with E-state index in [9.17, 15) is 14.4 Å². The van der Waals surface area contributed by atoms with Gasteiger partial charge in [0.05, 0.1) is 10.9 Å². The molecule has 130 valence electrons. The van der Waals surface area contributed by atoms with Crippen LogP contribution in [-0.4, -0.2) is 35.1 Å². The lowest BCUT2D eigenvalue weighted by molar-refractivity contribution is -0.118. The summed E-state index contributed by atoms with van der Waals surface area (Å²) < 4.78 is 1.25. The molecule has 2 aromatic rings. The molecule has 7 nitrogen and oxygen atoms in total. The van der Waals surface area contributed by atoms with Gasteiger partial charge < -0.3 is 15.6 Å². The first-order chi connectivity index (χ1) is 11.6. The molecule has 1 aromatic heterocycles. The predicted octanol–water partition coefficient (Wildman–Crippen LogP) is 0.586. The highest BCUT2D eigenvalue weighted by atomic mass is 16.2. The molecule has 0 aliphatic rings. The van der Waals surface area contributed by atoms with Crippen LogP contribution in [0.3, 0.4) is 0 Å². The van der Waals surface area contributed by atoms with Crippen molar-refractivity contribution in [1.29, 1.82) is 0 Å². The summed E-state index contributed by atoms with van der Waals surface area (Å²) in [6, 6.07) is 7.02. The number of para-hydroxylation sites is 1. The number of nitrogens with one attached hydrogen (secondary N) is 3. The van der Waals surface area contributed by atoms with Gasteiger partial charge in [0.15, 0.2) is 0 Å². The standard InChI is InChI=1S/C17H24N4O3/c1-13(22)19-11-5-4-9-18-10-6-12-21-16(23)14-7-2-3-8-15(14)20-17(21)24/h2-3,7-8,18H,4-6,9-12H2,1H3,(H,19,22)(H,20,24). The molecule has 0 bridgehead atoms. The first kappa shape index (κ1) is 17.9. The third kappa shape index (κ3) is 5.06. The number of benzene rings is 1. The van der Waals surface area contributed by atoms with E-state index in [1.807, 2.05) is 0 Å². The van der Waals surface area contributed by atoms with Gasteiger partial charge >= 0.3 is 5.69 Å². The lowest BCUT2D eigenvalue weighted by Gasteiger charge is -2.08. The normalized spacial score (nSPS) is 10.9. The molecule has 0 fully saturated rings. The summed E-state index contributed by atoms with van der Waals surface area (Å²) in [7, 11) is 0. The number of H-pyrrole nitrogens is 1. The number of nitrogens with zero attached hydrogens (tertiary/aromatic N) is 1. The number of carbonyl (C=O) groups excluding carboxylic acids is 1. The summed E-state index contributed by atoms with van der Waals surface area (Å²) in [5, 5.41) is 6.56. The Morgan fingerprint density at radius 1 is 1.08 bits per heavy atom. The van der Waals surface area contributed by atoms with Crippen LogP contribution in [-0.2, 0) is 11.3 Å². The van der Waals surface area contributed by atoms with Crippen molar-refractivity contribution in [2.24, 2.45) is 0 Å². The number of aromatic amines is 1. The number of fused-ring (bicyclic) bond motifs is 1. The van der Waals surface area contributed by atoms with Crippen molar-refractivity contribution in [3.8, 4) is 0 Å². The van der Waals surface area contributed by atoms with Gasteiger partial charge in [-0.15, -0.1) is 0 Å². The summed E-state index contributed by atoms with van der Waals surface area (Å²) in [4.78, 5) is 37.8. The Balaban J connectivity index is 1.75. The van der Waals surface area contributed by atoms with E-state index in [1.165, 1.54) is 11.5 Å². The first-order valence-electron chi connectivity index (χ1n) is 8.26. The van der Waals surface area contributed by atoms with Crippen molar-refractivity contribution in [2.75, 3.05) is 19.6 Å². The smallest absolute Gasteiger partial charge is 0.328 e. The zero-order valence-corrected chi connectivity index (χ0v) is 13.9. The Morgan fingerprint density at radius 3 is 2.58 bits per heavy atom. The molecule has 0 atom stereocenters. The summed E-state index contributed by atoms with van der Waals surface area (Å²) in [5.41, 5.74) is -0.0419. The maximum atomic E-state index is 12.3. The molecule has 1 aromatic carbocycles. The van der Waals surface area contributed by atoms with Crippen LogP contribution in [0.1, 0.15) is 26.2 Å². The van der Waals surface area contributed by atoms with Crippen molar-refractivity contribution >= 4 is 16.8 Å². The van der Waals surface area contributed by atoms with Crippen LogP contribution in [0.2, 0.25) is 0 Å². The second-order valence-corrected chi connectivity index (χ2v) is 5.73. The molecule has 0 saturated carbocycles. The average molecular weight is 332 g/mol. The highest BCUT2D eigenvalue weighted by molar-refractivity contribution is 5.76. The lowest BCUT2D eigenvalue weighted by atomic mass is 10.2. The van der Waals surface area contributed by atoms with E-state index < -0.39 is 0 Å². The molecule has 0 saturated heterocycles. The zero-order valence-electron chi connectivity index (χ0n) is 13.9. The highest BCUT2D eigenvalue weighted by Crippen LogP contribution is 2.02. The van der Waals surface area contributed by atoms with Gasteiger partial charge in [0, 0.05) is 20.0 Å². The number of unbranched alkanes of at least 4 members (excludes halogenated alkanes) is 1. The first-order valence-corrected chi connectivity index (χ1v) is 8.26. The van der Waals surface area contributed by atoms with Crippen LogP contribution in [0.15, 0.2) is 33.9 Å². The second kappa shape index (κ2) is 9.02. The highest BCUT2D eigenvalue weighted by Gasteiger charge is 2.06. The minimum absolute atomic E-state index is 0.00555. The molecule has 2 rings (SSSR count). The molecule has 0 aliphatic carbocycles. The van der Waals surface area contributed by atoms with Gasteiger partial charge in [0.25, 0.3) is 5.56 Å². The van der Waals surface area contributed by atoms with Gasteiger partial charge in [-0.3, -0.25) is 14.2 Å². The van der Waals surface area contributed by atoms with Crippen LogP contribution in [0.5, 0.6) is 0 Å². The Morgan fingerprint density at radius 2 is 1.79 bits per heavy atom. The molecule has 1 heterocycles. The fraction of sp³-hybridized carbons (Fsp3) is 0.471. The number of amides is 1. The van der Waals surface area contributed by atoms with E-state index in [0.717, 1.165) is 25.9 Å². The van der Waals surface area contributed by atoms with Crippen LogP contribution < -0.4 is 21.9 Å². The number of rotatable bonds is 9. The monoisotopic (exact) mass is 332 g/mol. The molecule has 0 aliphatic heterocycles. The van der Waals surface area contributed by atoms with Crippen molar-refractivity contribution < 1.29 is 4.79 Å². The van der Waals surface area contributed by atoms with E-state index >= 15 is 0 Å². The zero-order chi connectivity index (χ0) is 17.4. The summed E-state index contributed by atoms with van der Waals surface area (Å²) in [6.45, 7) is 4.17. The third-order valence-electron chi connectivity index (χ3n) is 3.78. The fourth-order valence-electron chi connectivity index (χ4n) is 2.53. The topological polar surface area (TPSA) is 96.0 Å². The largest absolute Gasteiger partial charge is 0.356 e. The van der Waals surface area contributed by atoms with Gasteiger partial charge in [-0.25, -0.2) is 4.79 Å². The molecule has 0 unspecified atom stereocenters. The van der Waals surface area contributed by atoms with E-state index in [0.29, 0.717) is 30.4 Å². The number of hydrogen-bond acceptors (Lipinski definition) is 4. The molecule has 0 spiro atoms. The third-order valence-corrected chi connectivity index (χ3v) is 3.78. The van der Waals surface area contributed by atoms with Crippen molar-refractivity contribution in [2.45, 2.75) is 32.7 Å². The number of aromatic nitrogens is 2. The molecular weight excluding hydrogens is 308 g/mol. The summed E-state index contributed by atoms with van der Waals surface area (Å²) in [6.07, 6.45) is 2.60. The van der Waals surface area contributed by atoms with Crippen molar-refractivity contribution in [3.05, 3.63) is 45.1 Å². The van der Waals surface area contributed by atoms with Crippen LogP contribution in [0.4, 0.5) is 0 Å². The molecule has 1 amide bonds. The van der Waals surface area contributed by atoms with Gasteiger partial charge in [0.1, 0.15) is 0 Å². The van der Waals surface area contributed by atoms with Gasteiger partial charge in [-0.2, -0.15) is 0 Å².